The molecule has 9 heteroatoms. The molecule has 0 radical (unpaired) electrons. The summed E-state index contributed by atoms with van der Waals surface area (Å²) in [6.07, 6.45) is 1.89. The number of nitrogens with zero attached hydrogens (tertiary/aromatic N) is 1. The van der Waals surface area contributed by atoms with Gasteiger partial charge in [-0.15, -0.1) is 0 Å². The van der Waals surface area contributed by atoms with Crippen LogP contribution in [0.3, 0.4) is 0 Å². The molecule has 2 aromatic rings. The molecule has 1 fully saturated rings. The van der Waals surface area contributed by atoms with Crippen LogP contribution in [0.1, 0.15) is 18.4 Å². The van der Waals surface area contributed by atoms with Crippen molar-refractivity contribution >= 4 is 21.8 Å². The van der Waals surface area contributed by atoms with Gasteiger partial charge in [0.15, 0.2) is 0 Å². The molecule has 29 heavy (non-hydrogen) atoms. The van der Waals surface area contributed by atoms with Gasteiger partial charge in [-0.05, 0) is 54.8 Å². The highest BCUT2D eigenvalue weighted by Gasteiger charge is 2.21. The van der Waals surface area contributed by atoms with E-state index in [0.717, 1.165) is 38.7 Å². The molecule has 0 unspecified atom stereocenters. The number of anilines is 1. The van der Waals surface area contributed by atoms with E-state index in [4.69, 9.17) is 15.2 Å². The summed E-state index contributed by atoms with van der Waals surface area (Å²) in [4.78, 5) is 13.1. The number of ether oxygens (including phenoxy) is 2. The predicted molar refractivity (Wildman–Crippen MR) is 110 cm³/mol. The number of carbonyl (C=O) groups excluding carboxylic acids is 1. The van der Waals surface area contributed by atoms with Crippen molar-refractivity contribution in [1.29, 1.82) is 0 Å². The Balaban J connectivity index is 1.50. The monoisotopic (exact) mass is 419 g/mol. The fourth-order valence-corrected chi connectivity index (χ4v) is 3.78. The lowest BCUT2D eigenvalue weighted by molar-refractivity contribution is 0.0541. The molecule has 0 spiro atoms. The van der Waals surface area contributed by atoms with Crippen LogP contribution >= 0.6 is 0 Å². The van der Waals surface area contributed by atoms with E-state index in [2.05, 4.69) is 9.62 Å². The van der Waals surface area contributed by atoms with Gasteiger partial charge in [0.1, 0.15) is 17.6 Å². The van der Waals surface area contributed by atoms with Gasteiger partial charge in [-0.3, -0.25) is 9.62 Å². The van der Waals surface area contributed by atoms with Crippen molar-refractivity contribution in [2.75, 3.05) is 24.1 Å². The molecule has 2 aromatic carbocycles. The van der Waals surface area contributed by atoms with Crippen LogP contribution in [0.5, 0.6) is 11.5 Å². The number of amides is 1. The number of piperidine rings is 1. The van der Waals surface area contributed by atoms with E-state index in [-0.39, 0.29) is 6.10 Å². The van der Waals surface area contributed by atoms with Crippen LogP contribution < -0.4 is 15.2 Å². The lowest BCUT2D eigenvalue weighted by atomic mass is 10.1. The Morgan fingerprint density at radius 2 is 1.62 bits per heavy atom. The second-order valence-electron chi connectivity index (χ2n) is 7.06. The first-order valence-electron chi connectivity index (χ1n) is 9.30. The zero-order chi connectivity index (χ0) is 20.9. The Labute approximate surface area is 170 Å². The summed E-state index contributed by atoms with van der Waals surface area (Å²) in [7, 11) is -3.30. The highest BCUT2D eigenvalue weighted by molar-refractivity contribution is 7.92. The van der Waals surface area contributed by atoms with Crippen molar-refractivity contribution in [2.45, 2.75) is 25.5 Å². The number of rotatable bonds is 7. The van der Waals surface area contributed by atoms with Crippen LogP contribution in [-0.2, 0) is 21.3 Å². The molecule has 8 nitrogen and oxygen atoms in total. The van der Waals surface area contributed by atoms with Gasteiger partial charge in [0.25, 0.3) is 0 Å². The lowest BCUT2D eigenvalue weighted by Crippen LogP contribution is -2.38. The smallest absolute Gasteiger partial charge is 0.404 e. The Morgan fingerprint density at radius 1 is 1.07 bits per heavy atom. The van der Waals surface area contributed by atoms with Crippen LogP contribution in [0.4, 0.5) is 10.5 Å². The Hall–Kier alpha value is -2.78. The third-order valence-electron chi connectivity index (χ3n) is 4.54. The van der Waals surface area contributed by atoms with Gasteiger partial charge in [0, 0.05) is 25.3 Å². The molecule has 1 aliphatic rings. The third kappa shape index (κ3) is 6.95. The average Bonchev–Trinajstić information content (AvgIpc) is 2.65. The zero-order valence-electron chi connectivity index (χ0n) is 16.2. The minimum Gasteiger partial charge on any atom is -0.457 e. The van der Waals surface area contributed by atoms with E-state index < -0.39 is 16.1 Å². The molecule has 0 bridgehead atoms. The molecule has 0 aromatic heterocycles. The van der Waals surface area contributed by atoms with Gasteiger partial charge in [-0.1, -0.05) is 12.1 Å². The maximum Gasteiger partial charge on any atom is 0.404 e. The van der Waals surface area contributed by atoms with E-state index in [0.29, 0.717) is 17.2 Å². The summed E-state index contributed by atoms with van der Waals surface area (Å²) in [5.41, 5.74) is 6.72. The summed E-state index contributed by atoms with van der Waals surface area (Å²) in [5.74, 6) is 1.32. The molecular weight excluding hydrogens is 394 g/mol. The zero-order valence-corrected chi connectivity index (χ0v) is 17.0. The lowest BCUT2D eigenvalue weighted by Gasteiger charge is -2.31. The first-order chi connectivity index (χ1) is 13.8. The van der Waals surface area contributed by atoms with E-state index in [1.807, 2.05) is 24.3 Å². The van der Waals surface area contributed by atoms with Crippen molar-refractivity contribution in [1.82, 2.24) is 4.90 Å². The maximum atomic E-state index is 11.2. The fourth-order valence-electron chi connectivity index (χ4n) is 3.21. The quantitative estimate of drug-likeness (QED) is 0.714. The highest BCUT2D eigenvalue weighted by atomic mass is 32.2. The second kappa shape index (κ2) is 9.15. The maximum absolute atomic E-state index is 11.2. The number of sulfonamides is 1. The molecule has 0 atom stereocenters. The number of primary amides is 1. The van der Waals surface area contributed by atoms with Gasteiger partial charge < -0.3 is 15.2 Å². The van der Waals surface area contributed by atoms with Crippen LogP contribution in [0.25, 0.3) is 0 Å². The summed E-state index contributed by atoms with van der Waals surface area (Å²) in [5, 5.41) is 0. The number of nitrogens with one attached hydrogen (secondary N) is 1. The number of likely N-dealkylation sites (tertiary alicyclic amines) is 1. The SMILES string of the molecule is CS(=O)(=O)Nc1ccc(Oc2ccc(CN3CCC(OC(N)=O)CC3)cc2)cc1. The number of benzene rings is 2. The first-order valence-corrected chi connectivity index (χ1v) is 11.2. The van der Waals surface area contributed by atoms with Crippen molar-refractivity contribution in [3.05, 3.63) is 54.1 Å². The number of carbonyl (C=O) groups is 1. The predicted octanol–water partition coefficient (Wildman–Crippen LogP) is 2.91. The topological polar surface area (TPSA) is 111 Å². The molecule has 0 aliphatic carbocycles. The van der Waals surface area contributed by atoms with Gasteiger partial charge in [-0.2, -0.15) is 0 Å². The van der Waals surface area contributed by atoms with Crippen LogP contribution in [0.2, 0.25) is 0 Å². The van der Waals surface area contributed by atoms with Crippen LogP contribution in [-0.4, -0.2) is 44.9 Å². The average molecular weight is 420 g/mol. The van der Waals surface area contributed by atoms with E-state index in [1.165, 1.54) is 5.56 Å². The van der Waals surface area contributed by atoms with E-state index in [1.54, 1.807) is 24.3 Å². The van der Waals surface area contributed by atoms with E-state index >= 15 is 0 Å². The standard InChI is InChI=1S/C20H25N3O5S/c1-29(25,26)22-16-4-8-18(9-5-16)27-17-6-2-15(3-7-17)14-23-12-10-19(11-13-23)28-20(21)24/h2-9,19,22H,10-14H2,1H3,(H2,21,24). The molecule has 3 rings (SSSR count). The Kier molecular flexibility index (Phi) is 6.60. The van der Waals surface area contributed by atoms with Crippen molar-refractivity contribution in [2.24, 2.45) is 5.73 Å². The van der Waals surface area contributed by atoms with Gasteiger partial charge in [0.2, 0.25) is 10.0 Å². The summed E-state index contributed by atoms with van der Waals surface area (Å²) >= 11 is 0. The molecule has 1 saturated heterocycles. The van der Waals surface area contributed by atoms with Gasteiger partial charge >= 0.3 is 6.09 Å². The van der Waals surface area contributed by atoms with Crippen molar-refractivity contribution < 1.29 is 22.7 Å². The van der Waals surface area contributed by atoms with Crippen molar-refractivity contribution in [3.8, 4) is 11.5 Å². The molecule has 3 N–H and O–H groups in total. The minimum atomic E-state index is -3.30. The summed E-state index contributed by atoms with van der Waals surface area (Å²) in [6, 6.07) is 14.6. The molecular formula is C20H25N3O5S. The third-order valence-corrected chi connectivity index (χ3v) is 5.15. The van der Waals surface area contributed by atoms with Crippen LogP contribution in [0, 0.1) is 0 Å². The van der Waals surface area contributed by atoms with Gasteiger partial charge in [0.05, 0.1) is 6.26 Å². The number of hydrogen-bond donors (Lipinski definition) is 2. The largest absolute Gasteiger partial charge is 0.457 e. The molecule has 1 aliphatic heterocycles. The summed E-state index contributed by atoms with van der Waals surface area (Å²) < 4.78 is 35.8. The van der Waals surface area contributed by atoms with Crippen LogP contribution in [0.15, 0.2) is 48.5 Å². The number of nitrogens with two attached hydrogens (primary N) is 1. The number of hydrogen-bond acceptors (Lipinski definition) is 6. The van der Waals surface area contributed by atoms with Crippen molar-refractivity contribution in [3.63, 3.8) is 0 Å². The van der Waals surface area contributed by atoms with E-state index in [9.17, 15) is 13.2 Å². The second-order valence-corrected chi connectivity index (χ2v) is 8.81. The first kappa shape index (κ1) is 20.9. The Bertz CT molecular complexity index is 922. The normalized spacial score (nSPS) is 15.6. The Morgan fingerprint density at radius 3 is 2.14 bits per heavy atom. The molecule has 1 heterocycles. The molecule has 156 valence electrons. The fraction of sp³-hybridized carbons (Fsp3) is 0.350. The minimum absolute atomic E-state index is 0.0847. The molecule has 1 amide bonds. The molecule has 0 saturated carbocycles. The summed E-state index contributed by atoms with van der Waals surface area (Å²) in [6.45, 7) is 2.52. The van der Waals surface area contributed by atoms with Gasteiger partial charge in [-0.25, -0.2) is 13.2 Å². The highest BCUT2D eigenvalue weighted by Crippen LogP contribution is 2.24.